The number of likely N-dealkylation sites (tertiary alicyclic amines) is 1. The first-order chi connectivity index (χ1) is 13.1. The number of carbonyl (C=O) groups is 2. The van der Waals surface area contributed by atoms with Gasteiger partial charge in [-0.15, -0.1) is 0 Å². The van der Waals surface area contributed by atoms with Crippen LogP contribution in [0.1, 0.15) is 31.2 Å². The molecule has 5 nitrogen and oxygen atoms in total. The molecule has 140 valence electrons. The van der Waals surface area contributed by atoms with Gasteiger partial charge in [0, 0.05) is 31.4 Å². The number of pyridine rings is 1. The molecule has 1 aromatic carbocycles. The predicted molar refractivity (Wildman–Crippen MR) is 104 cm³/mol. The highest BCUT2D eigenvalue weighted by atomic mass is 16.2. The minimum Gasteiger partial charge on any atom is -0.369 e. The third kappa shape index (κ3) is 3.34. The molecule has 1 aliphatic heterocycles. The van der Waals surface area contributed by atoms with Gasteiger partial charge in [0.1, 0.15) is 0 Å². The molecule has 0 spiro atoms. The highest BCUT2D eigenvalue weighted by molar-refractivity contribution is 5.85. The average molecular weight is 363 g/mol. The van der Waals surface area contributed by atoms with E-state index in [1.807, 2.05) is 29.2 Å². The van der Waals surface area contributed by atoms with E-state index in [0.717, 1.165) is 36.0 Å². The summed E-state index contributed by atoms with van der Waals surface area (Å²) in [5, 5.41) is 0. The van der Waals surface area contributed by atoms with Crippen LogP contribution in [-0.2, 0) is 16.0 Å². The molecule has 1 saturated heterocycles. The normalized spacial score (nSPS) is 22.4. The van der Waals surface area contributed by atoms with Crippen LogP contribution in [0.3, 0.4) is 0 Å². The number of primary amides is 1. The molecule has 5 heteroatoms. The van der Waals surface area contributed by atoms with Crippen molar-refractivity contribution in [3.63, 3.8) is 0 Å². The summed E-state index contributed by atoms with van der Waals surface area (Å²) in [5.74, 6) is 0.0421. The molecule has 2 aromatic rings. The van der Waals surface area contributed by atoms with Crippen molar-refractivity contribution in [1.29, 1.82) is 0 Å². The molecule has 1 aromatic heterocycles. The van der Waals surface area contributed by atoms with Crippen LogP contribution in [0.25, 0.3) is 11.1 Å². The van der Waals surface area contributed by atoms with E-state index in [1.165, 1.54) is 0 Å². The van der Waals surface area contributed by atoms with E-state index in [9.17, 15) is 9.59 Å². The lowest BCUT2D eigenvalue weighted by atomic mass is 9.78. The Kier molecular flexibility index (Phi) is 4.68. The number of aromatic nitrogens is 1. The number of amides is 2. The van der Waals surface area contributed by atoms with Gasteiger partial charge in [0.25, 0.3) is 0 Å². The fourth-order valence-electron chi connectivity index (χ4n) is 4.26. The van der Waals surface area contributed by atoms with Crippen LogP contribution >= 0.6 is 0 Å². The van der Waals surface area contributed by atoms with Gasteiger partial charge in [0.2, 0.25) is 11.8 Å². The third-order valence-electron chi connectivity index (χ3n) is 6.18. The zero-order chi connectivity index (χ0) is 18.9. The maximum absolute atomic E-state index is 12.6. The lowest BCUT2D eigenvalue weighted by Gasteiger charge is -2.31. The third-order valence-corrected chi connectivity index (χ3v) is 6.18. The Morgan fingerprint density at radius 2 is 1.89 bits per heavy atom. The lowest BCUT2D eigenvalue weighted by Crippen LogP contribution is -2.44. The van der Waals surface area contributed by atoms with Crippen molar-refractivity contribution in [2.45, 2.75) is 32.1 Å². The van der Waals surface area contributed by atoms with E-state index in [2.05, 4.69) is 17.1 Å². The molecule has 4 rings (SSSR count). The van der Waals surface area contributed by atoms with E-state index in [0.29, 0.717) is 25.9 Å². The molecule has 1 saturated carbocycles. The van der Waals surface area contributed by atoms with Crippen molar-refractivity contribution < 1.29 is 9.59 Å². The quantitative estimate of drug-likeness (QED) is 0.887. The second-order valence-electron chi connectivity index (χ2n) is 7.85. The van der Waals surface area contributed by atoms with Gasteiger partial charge in [-0.1, -0.05) is 30.7 Å². The molecule has 2 heterocycles. The number of hydrogen-bond donors (Lipinski definition) is 1. The lowest BCUT2D eigenvalue weighted by molar-refractivity contribution is -0.138. The fraction of sp³-hybridized carbons (Fsp3) is 0.409. The Labute approximate surface area is 159 Å². The van der Waals surface area contributed by atoms with Crippen LogP contribution < -0.4 is 5.73 Å². The number of carbonyl (C=O) groups excluding carboxylic acids is 2. The van der Waals surface area contributed by atoms with Crippen LogP contribution in [0.15, 0.2) is 48.8 Å². The van der Waals surface area contributed by atoms with Crippen molar-refractivity contribution in [3.8, 4) is 11.1 Å². The van der Waals surface area contributed by atoms with E-state index >= 15 is 0 Å². The second kappa shape index (κ2) is 7.14. The molecule has 1 unspecified atom stereocenters. The van der Waals surface area contributed by atoms with Gasteiger partial charge in [-0.3, -0.25) is 14.6 Å². The van der Waals surface area contributed by atoms with Gasteiger partial charge in [0.05, 0.1) is 5.41 Å². The van der Waals surface area contributed by atoms with Crippen molar-refractivity contribution in [2.24, 2.45) is 17.1 Å². The fourth-order valence-corrected chi connectivity index (χ4v) is 4.26. The van der Waals surface area contributed by atoms with E-state index in [1.54, 1.807) is 12.4 Å². The highest BCUT2D eigenvalue weighted by Crippen LogP contribution is 2.39. The molecule has 2 amide bonds. The Morgan fingerprint density at radius 3 is 2.56 bits per heavy atom. The van der Waals surface area contributed by atoms with Gasteiger partial charge in [-0.05, 0) is 54.5 Å². The molecular weight excluding hydrogens is 338 g/mol. The van der Waals surface area contributed by atoms with Gasteiger partial charge >= 0.3 is 0 Å². The topological polar surface area (TPSA) is 76.3 Å². The maximum atomic E-state index is 12.6. The summed E-state index contributed by atoms with van der Waals surface area (Å²) in [7, 11) is 0. The molecule has 2 N–H and O–H groups in total. The predicted octanol–water partition coefficient (Wildman–Crippen LogP) is 2.80. The Bertz CT molecular complexity index is 848. The van der Waals surface area contributed by atoms with E-state index < -0.39 is 5.41 Å². The zero-order valence-corrected chi connectivity index (χ0v) is 15.4. The summed E-state index contributed by atoms with van der Waals surface area (Å²) in [6.45, 7) is 1.05. The average Bonchev–Trinajstić information content (AvgIpc) is 3.07. The SMILES string of the molecule is NC(=O)C1(Cc2ccccc2-c2ccncc2)CCN(C(=O)C2CCC2)C1. The molecule has 0 radical (unpaired) electrons. The number of hydrogen-bond acceptors (Lipinski definition) is 3. The zero-order valence-electron chi connectivity index (χ0n) is 15.4. The summed E-state index contributed by atoms with van der Waals surface area (Å²) >= 11 is 0. The van der Waals surface area contributed by atoms with Crippen molar-refractivity contribution in [1.82, 2.24) is 9.88 Å². The summed E-state index contributed by atoms with van der Waals surface area (Å²) in [6, 6.07) is 12.0. The summed E-state index contributed by atoms with van der Waals surface area (Å²) in [4.78, 5) is 31.1. The Morgan fingerprint density at radius 1 is 1.15 bits per heavy atom. The number of nitrogens with two attached hydrogens (primary N) is 1. The van der Waals surface area contributed by atoms with Crippen molar-refractivity contribution in [3.05, 3.63) is 54.4 Å². The van der Waals surface area contributed by atoms with Gasteiger partial charge < -0.3 is 10.6 Å². The maximum Gasteiger partial charge on any atom is 0.225 e. The summed E-state index contributed by atoms with van der Waals surface area (Å²) in [6.07, 6.45) is 7.80. The number of rotatable bonds is 5. The van der Waals surface area contributed by atoms with Crippen LogP contribution in [-0.4, -0.2) is 34.8 Å². The van der Waals surface area contributed by atoms with Crippen molar-refractivity contribution in [2.75, 3.05) is 13.1 Å². The molecule has 2 aliphatic rings. The van der Waals surface area contributed by atoms with Gasteiger partial charge in [-0.2, -0.15) is 0 Å². The minimum absolute atomic E-state index is 0.151. The standard InChI is InChI=1S/C22H25N3O2/c23-21(27)22(10-13-25(15-22)20(26)17-5-3-6-17)14-18-4-1-2-7-19(18)16-8-11-24-12-9-16/h1-2,4,7-9,11-12,17H,3,5-6,10,13-15H2,(H2,23,27). The molecule has 27 heavy (non-hydrogen) atoms. The first kappa shape index (κ1) is 17.7. The Balaban J connectivity index is 1.60. The minimum atomic E-state index is -0.692. The second-order valence-corrected chi connectivity index (χ2v) is 7.85. The molecule has 0 bridgehead atoms. The number of nitrogens with zero attached hydrogens (tertiary/aromatic N) is 2. The van der Waals surface area contributed by atoms with Crippen LogP contribution in [0.4, 0.5) is 0 Å². The van der Waals surface area contributed by atoms with Crippen LogP contribution in [0, 0.1) is 11.3 Å². The molecule has 1 atom stereocenters. The number of benzene rings is 1. The smallest absolute Gasteiger partial charge is 0.225 e. The van der Waals surface area contributed by atoms with Crippen molar-refractivity contribution >= 4 is 11.8 Å². The summed E-state index contributed by atoms with van der Waals surface area (Å²) < 4.78 is 0. The molecule has 2 fully saturated rings. The summed E-state index contributed by atoms with van der Waals surface area (Å²) in [5.41, 5.74) is 8.42. The Hall–Kier alpha value is -2.69. The van der Waals surface area contributed by atoms with Crippen LogP contribution in [0.5, 0.6) is 0 Å². The van der Waals surface area contributed by atoms with Gasteiger partial charge in [0.15, 0.2) is 0 Å². The first-order valence-electron chi connectivity index (χ1n) is 9.66. The first-order valence-corrected chi connectivity index (χ1v) is 9.66. The highest BCUT2D eigenvalue weighted by Gasteiger charge is 2.46. The molecular formula is C22H25N3O2. The monoisotopic (exact) mass is 363 g/mol. The molecule has 1 aliphatic carbocycles. The largest absolute Gasteiger partial charge is 0.369 e. The van der Waals surface area contributed by atoms with E-state index in [4.69, 9.17) is 5.73 Å². The van der Waals surface area contributed by atoms with Gasteiger partial charge in [-0.25, -0.2) is 0 Å². The van der Waals surface area contributed by atoms with Crippen LogP contribution in [0.2, 0.25) is 0 Å². The van der Waals surface area contributed by atoms with E-state index in [-0.39, 0.29) is 17.7 Å².